The van der Waals surface area contributed by atoms with Gasteiger partial charge in [0.2, 0.25) is 0 Å². The Kier molecular flexibility index (Phi) is 5.20. The Hall–Kier alpha value is -1.59. The molecule has 0 aliphatic rings. The molecule has 2 aromatic rings. The Balaban J connectivity index is 2.18. The first kappa shape index (κ1) is 15.8. The van der Waals surface area contributed by atoms with Gasteiger partial charge in [0.25, 0.3) is 5.69 Å². The van der Waals surface area contributed by atoms with Crippen LogP contribution in [0.5, 0.6) is 0 Å². The van der Waals surface area contributed by atoms with Crippen molar-refractivity contribution in [2.75, 3.05) is 11.9 Å². The van der Waals surface area contributed by atoms with Crippen LogP contribution in [0.1, 0.15) is 17.4 Å². The molecule has 0 saturated heterocycles. The summed E-state index contributed by atoms with van der Waals surface area (Å²) in [7, 11) is 2.00. The molecule has 4 nitrogen and oxygen atoms in total. The summed E-state index contributed by atoms with van der Waals surface area (Å²) in [5.74, 6) is 0.136. The molecule has 1 unspecified atom stereocenters. The van der Waals surface area contributed by atoms with E-state index in [0.717, 1.165) is 12.1 Å². The van der Waals surface area contributed by atoms with E-state index < -0.39 is 4.92 Å². The lowest BCUT2D eigenvalue weighted by molar-refractivity contribution is -0.385. The fourth-order valence-electron chi connectivity index (χ4n) is 2.19. The lowest BCUT2D eigenvalue weighted by atomic mass is 10.1. The van der Waals surface area contributed by atoms with Gasteiger partial charge in [-0.15, -0.1) is 22.9 Å². The van der Waals surface area contributed by atoms with Gasteiger partial charge in [0, 0.05) is 41.7 Å². The molecular formula is C15H17ClN2O2S. The Morgan fingerprint density at radius 3 is 2.76 bits per heavy atom. The maximum Gasteiger partial charge on any atom is 0.273 e. The first-order valence-corrected chi connectivity index (χ1v) is 8.03. The van der Waals surface area contributed by atoms with Gasteiger partial charge in [-0.3, -0.25) is 10.1 Å². The minimum absolute atomic E-state index is 0.0769. The summed E-state index contributed by atoms with van der Waals surface area (Å²) in [5.41, 5.74) is 1.57. The lowest BCUT2D eigenvalue weighted by Crippen LogP contribution is -2.30. The van der Waals surface area contributed by atoms with E-state index >= 15 is 0 Å². The third-order valence-electron chi connectivity index (χ3n) is 3.55. The van der Waals surface area contributed by atoms with E-state index in [1.54, 1.807) is 23.5 Å². The number of nitrogens with zero attached hydrogens (tertiary/aromatic N) is 2. The van der Waals surface area contributed by atoms with Crippen LogP contribution in [-0.4, -0.2) is 18.0 Å². The summed E-state index contributed by atoms with van der Waals surface area (Å²) in [6.07, 6.45) is 0.946. The van der Waals surface area contributed by atoms with E-state index in [-0.39, 0.29) is 11.6 Å². The molecule has 1 atom stereocenters. The molecule has 0 spiro atoms. The van der Waals surface area contributed by atoms with Crippen LogP contribution in [0.25, 0.3) is 0 Å². The Morgan fingerprint density at radius 2 is 2.19 bits per heavy atom. The number of nitro groups is 1. The van der Waals surface area contributed by atoms with Gasteiger partial charge in [-0.2, -0.15) is 0 Å². The first-order chi connectivity index (χ1) is 10.0. The highest BCUT2D eigenvalue weighted by atomic mass is 35.5. The predicted octanol–water partition coefficient (Wildman–Crippen LogP) is 4.46. The summed E-state index contributed by atoms with van der Waals surface area (Å²) >= 11 is 7.57. The van der Waals surface area contributed by atoms with Crippen LogP contribution >= 0.6 is 22.9 Å². The molecule has 21 heavy (non-hydrogen) atoms. The maximum atomic E-state index is 10.9. The zero-order valence-electron chi connectivity index (χ0n) is 12.0. The zero-order valence-corrected chi connectivity index (χ0v) is 13.5. The van der Waals surface area contributed by atoms with E-state index in [4.69, 9.17) is 11.6 Å². The third-order valence-corrected chi connectivity index (χ3v) is 4.74. The summed E-state index contributed by atoms with van der Waals surface area (Å²) in [4.78, 5) is 14.0. The van der Waals surface area contributed by atoms with Crippen molar-refractivity contribution in [2.24, 2.45) is 0 Å². The Bertz CT molecular complexity index is 616. The minimum atomic E-state index is -0.392. The van der Waals surface area contributed by atoms with Gasteiger partial charge in [-0.1, -0.05) is 6.07 Å². The number of thiophene rings is 1. The lowest BCUT2D eigenvalue weighted by Gasteiger charge is -2.27. The van der Waals surface area contributed by atoms with Crippen LogP contribution in [-0.2, 0) is 12.3 Å². The molecule has 0 aliphatic heterocycles. The van der Waals surface area contributed by atoms with Gasteiger partial charge in [0.1, 0.15) is 0 Å². The molecule has 0 saturated carbocycles. The molecule has 6 heteroatoms. The second-order valence-electron chi connectivity index (χ2n) is 4.95. The van der Waals surface area contributed by atoms with Crippen LogP contribution in [0.4, 0.5) is 11.4 Å². The van der Waals surface area contributed by atoms with Gasteiger partial charge >= 0.3 is 0 Å². The number of halogens is 1. The standard InChI is InChI=1S/C15H17ClN2O2S/c1-11(8-14-4-3-7-21-14)17(2)13-5-6-15(18(19)20)12(9-13)10-16/h3-7,9,11H,8,10H2,1-2H3. The predicted molar refractivity (Wildman–Crippen MR) is 88.5 cm³/mol. The molecule has 1 aromatic carbocycles. The highest BCUT2D eigenvalue weighted by molar-refractivity contribution is 7.09. The van der Waals surface area contributed by atoms with Gasteiger partial charge < -0.3 is 4.90 Å². The molecule has 0 radical (unpaired) electrons. The van der Waals surface area contributed by atoms with E-state index in [2.05, 4.69) is 23.3 Å². The summed E-state index contributed by atoms with van der Waals surface area (Å²) < 4.78 is 0. The molecule has 1 aromatic heterocycles. The molecule has 0 fully saturated rings. The fraction of sp³-hybridized carbons (Fsp3) is 0.333. The topological polar surface area (TPSA) is 46.4 Å². The van der Waals surface area contributed by atoms with E-state index in [1.807, 2.05) is 13.1 Å². The highest BCUT2D eigenvalue weighted by Crippen LogP contribution is 2.27. The number of anilines is 1. The molecular weight excluding hydrogens is 308 g/mol. The van der Waals surface area contributed by atoms with Gasteiger partial charge in [-0.25, -0.2) is 0 Å². The normalized spacial score (nSPS) is 12.1. The Morgan fingerprint density at radius 1 is 1.43 bits per heavy atom. The van der Waals surface area contributed by atoms with Crippen LogP contribution < -0.4 is 4.90 Å². The van der Waals surface area contributed by atoms with Crippen LogP contribution in [0.3, 0.4) is 0 Å². The van der Waals surface area contributed by atoms with E-state index in [1.165, 1.54) is 10.9 Å². The van der Waals surface area contributed by atoms with Crippen molar-refractivity contribution in [3.8, 4) is 0 Å². The maximum absolute atomic E-state index is 10.9. The largest absolute Gasteiger partial charge is 0.372 e. The van der Waals surface area contributed by atoms with Crippen LogP contribution in [0, 0.1) is 10.1 Å². The van der Waals surface area contributed by atoms with Crippen molar-refractivity contribution in [3.63, 3.8) is 0 Å². The molecule has 0 N–H and O–H groups in total. The number of benzene rings is 1. The highest BCUT2D eigenvalue weighted by Gasteiger charge is 2.17. The van der Waals surface area contributed by atoms with Crippen molar-refractivity contribution in [1.29, 1.82) is 0 Å². The summed E-state index contributed by atoms with van der Waals surface area (Å²) in [5, 5.41) is 13.0. The second-order valence-corrected chi connectivity index (χ2v) is 6.25. The number of alkyl halides is 1. The van der Waals surface area contributed by atoms with Crippen molar-refractivity contribution in [3.05, 3.63) is 56.3 Å². The van der Waals surface area contributed by atoms with Crippen molar-refractivity contribution >= 4 is 34.3 Å². The molecule has 1 heterocycles. The van der Waals surface area contributed by atoms with Gasteiger partial charge in [0.05, 0.1) is 10.8 Å². The summed E-state index contributed by atoms with van der Waals surface area (Å²) in [6.45, 7) is 2.14. The number of hydrogen-bond acceptors (Lipinski definition) is 4. The first-order valence-electron chi connectivity index (χ1n) is 6.61. The molecule has 0 bridgehead atoms. The van der Waals surface area contributed by atoms with Crippen LogP contribution in [0.2, 0.25) is 0 Å². The zero-order chi connectivity index (χ0) is 15.4. The molecule has 0 amide bonds. The third kappa shape index (κ3) is 3.74. The number of rotatable bonds is 6. The molecule has 2 rings (SSSR count). The quantitative estimate of drug-likeness (QED) is 0.447. The summed E-state index contributed by atoms with van der Waals surface area (Å²) in [6, 6.07) is 9.57. The smallest absolute Gasteiger partial charge is 0.273 e. The minimum Gasteiger partial charge on any atom is -0.372 e. The SMILES string of the molecule is CC(Cc1cccs1)N(C)c1ccc([N+](=O)[O-])c(CCl)c1. The number of hydrogen-bond donors (Lipinski definition) is 0. The van der Waals surface area contributed by atoms with Crippen LogP contribution in [0.15, 0.2) is 35.7 Å². The fourth-order valence-corrected chi connectivity index (χ4v) is 3.23. The average Bonchev–Trinajstić information content (AvgIpc) is 2.98. The van der Waals surface area contributed by atoms with Crippen molar-refractivity contribution in [2.45, 2.75) is 25.3 Å². The van der Waals surface area contributed by atoms with E-state index in [9.17, 15) is 10.1 Å². The number of likely N-dealkylation sites (N-methyl/N-ethyl adjacent to an activating group) is 1. The van der Waals surface area contributed by atoms with E-state index in [0.29, 0.717) is 11.6 Å². The second kappa shape index (κ2) is 6.91. The van der Waals surface area contributed by atoms with Gasteiger partial charge in [0.15, 0.2) is 0 Å². The Labute approximate surface area is 133 Å². The van der Waals surface area contributed by atoms with Gasteiger partial charge in [-0.05, 0) is 30.5 Å². The molecule has 0 aliphatic carbocycles. The number of nitro benzene ring substituents is 1. The molecule has 112 valence electrons. The van der Waals surface area contributed by atoms with Crippen molar-refractivity contribution in [1.82, 2.24) is 0 Å². The monoisotopic (exact) mass is 324 g/mol. The van der Waals surface area contributed by atoms with Crippen molar-refractivity contribution < 1.29 is 4.92 Å². The average molecular weight is 325 g/mol.